The minimum Gasteiger partial charge on any atom is -0.270 e. The quantitative estimate of drug-likeness (QED) is 0.830. The molecule has 1 aliphatic rings. The van der Waals surface area contributed by atoms with Gasteiger partial charge in [0.2, 0.25) is 0 Å². The SMILES string of the molecule is O=C(NOC1CCCC1)c1ccc(Br)cc1Br. The van der Waals surface area contributed by atoms with Crippen LogP contribution in [0.1, 0.15) is 36.0 Å². The van der Waals surface area contributed by atoms with E-state index in [0.29, 0.717) is 5.56 Å². The lowest BCUT2D eigenvalue weighted by Crippen LogP contribution is -2.28. The van der Waals surface area contributed by atoms with Crippen molar-refractivity contribution >= 4 is 37.8 Å². The van der Waals surface area contributed by atoms with E-state index in [9.17, 15) is 4.79 Å². The summed E-state index contributed by atoms with van der Waals surface area (Å²) in [7, 11) is 0. The normalized spacial score (nSPS) is 16.1. The fraction of sp³-hybridized carbons (Fsp3) is 0.417. The molecule has 1 fully saturated rings. The molecule has 0 heterocycles. The van der Waals surface area contributed by atoms with E-state index >= 15 is 0 Å². The number of carbonyl (C=O) groups excluding carboxylic acids is 1. The molecule has 0 bridgehead atoms. The van der Waals surface area contributed by atoms with Gasteiger partial charge in [-0.25, -0.2) is 5.48 Å². The van der Waals surface area contributed by atoms with Gasteiger partial charge in [-0.1, -0.05) is 28.8 Å². The Hall–Kier alpha value is -0.390. The van der Waals surface area contributed by atoms with Gasteiger partial charge in [0.15, 0.2) is 0 Å². The van der Waals surface area contributed by atoms with Crippen molar-refractivity contribution < 1.29 is 9.63 Å². The summed E-state index contributed by atoms with van der Waals surface area (Å²) in [6, 6.07) is 5.42. The van der Waals surface area contributed by atoms with Gasteiger partial charge in [0.1, 0.15) is 0 Å². The zero-order valence-corrected chi connectivity index (χ0v) is 12.4. The number of hydrogen-bond donors (Lipinski definition) is 1. The molecule has 0 radical (unpaired) electrons. The Morgan fingerprint density at radius 3 is 2.65 bits per heavy atom. The maximum absolute atomic E-state index is 11.9. The van der Waals surface area contributed by atoms with Gasteiger partial charge in [-0.15, -0.1) is 0 Å². The first kappa shape index (κ1) is 13.1. The highest BCUT2D eigenvalue weighted by molar-refractivity contribution is 9.11. The van der Waals surface area contributed by atoms with Crippen LogP contribution in [0.3, 0.4) is 0 Å². The van der Waals surface area contributed by atoms with Gasteiger partial charge in [0.25, 0.3) is 5.91 Å². The van der Waals surface area contributed by atoms with Crippen molar-refractivity contribution in [1.29, 1.82) is 0 Å². The summed E-state index contributed by atoms with van der Waals surface area (Å²) >= 11 is 6.70. The lowest BCUT2D eigenvalue weighted by Gasteiger charge is -2.12. The van der Waals surface area contributed by atoms with Gasteiger partial charge in [-0.05, 0) is 47.0 Å². The second-order valence-electron chi connectivity index (χ2n) is 4.08. The minimum absolute atomic E-state index is 0.174. The van der Waals surface area contributed by atoms with Crippen LogP contribution in [-0.2, 0) is 4.84 Å². The number of rotatable bonds is 3. The summed E-state index contributed by atoms with van der Waals surface area (Å²) in [6.45, 7) is 0. The minimum atomic E-state index is -0.212. The largest absolute Gasteiger partial charge is 0.275 e. The fourth-order valence-corrected chi connectivity index (χ4v) is 3.10. The number of hydroxylamine groups is 1. The molecule has 3 nitrogen and oxygen atoms in total. The summed E-state index contributed by atoms with van der Waals surface area (Å²) in [5, 5.41) is 0. The lowest BCUT2D eigenvalue weighted by atomic mass is 10.2. The number of amides is 1. The Labute approximate surface area is 117 Å². The topological polar surface area (TPSA) is 38.3 Å². The first-order valence-electron chi connectivity index (χ1n) is 5.58. The monoisotopic (exact) mass is 361 g/mol. The van der Waals surface area contributed by atoms with E-state index in [-0.39, 0.29) is 12.0 Å². The zero-order chi connectivity index (χ0) is 12.3. The smallest absolute Gasteiger partial charge is 0.270 e. The van der Waals surface area contributed by atoms with Crippen LogP contribution in [0.25, 0.3) is 0 Å². The van der Waals surface area contributed by atoms with Gasteiger partial charge in [-0.3, -0.25) is 9.63 Å². The molecule has 2 rings (SSSR count). The first-order valence-corrected chi connectivity index (χ1v) is 7.16. The van der Waals surface area contributed by atoms with Crippen molar-refractivity contribution in [3.05, 3.63) is 32.7 Å². The molecule has 0 aromatic heterocycles. The molecule has 1 aromatic carbocycles. The fourth-order valence-electron chi connectivity index (χ4n) is 1.87. The second-order valence-corrected chi connectivity index (χ2v) is 5.85. The maximum atomic E-state index is 11.9. The van der Waals surface area contributed by atoms with E-state index in [1.807, 2.05) is 12.1 Å². The Balaban J connectivity index is 1.94. The molecule has 1 N–H and O–H groups in total. The van der Waals surface area contributed by atoms with Crippen molar-refractivity contribution in [2.24, 2.45) is 0 Å². The summed E-state index contributed by atoms with van der Waals surface area (Å²) in [5.74, 6) is -0.212. The third-order valence-corrected chi connectivity index (χ3v) is 3.95. The summed E-state index contributed by atoms with van der Waals surface area (Å²) in [6.07, 6.45) is 4.60. The highest BCUT2D eigenvalue weighted by Gasteiger charge is 2.18. The van der Waals surface area contributed by atoms with E-state index < -0.39 is 0 Å². The number of benzene rings is 1. The first-order chi connectivity index (χ1) is 8.16. The van der Waals surface area contributed by atoms with Crippen LogP contribution in [0.2, 0.25) is 0 Å². The molecular weight excluding hydrogens is 350 g/mol. The molecular formula is C12H13Br2NO2. The van der Waals surface area contributed by atoms with Crippen molar-refractivity contribution in [1.82, 2.24) is 5.48 Å². The average Bonchev–Trinajstić information content (AvgIpc) is 2.78. The van der Waals surface area contributed by atoms with Gasteiger partial charge in [0.05, 0.1) is 11.7 Å². The van der Waals surface area contributed by atoms with Gasteiger partial charge in [-0.2, -0.15) is 0 Å². The van der Waals surface area contributed by atoms with Crippen LogP contribution in [0.5, 0.6) is 0 Å². The Morgan fingerprint density at radius 2 is 2.00 bits per heavy atom. The zero-order valence-electron chi connectivity index (χ0n) is 9.21. The second kappa shape index (κ2) is 5.98. The van der Waals surface area contributed by atoms with Crippen LogP contribution in [-0.4, -0.2) is 12.0 Å². The van der Waals surface area contributed by atoms with E-state index in [1.54, 1.807) is 6.07 Å². The predicted molar refractivity (Wildman–Crippen MR) is 72.6 cm³/mol. The molecule has 5 heteroatoms. The third kappa shape index (κ3) is 3.53. The predicted octanol–water partition coefficient (Wildman–Crippen LogP) is 3.82. The van der Waals surface area contributed by atoms with Crippen LogP contribution in [0, 0.1) is 0 Å². The van der Waals surface area contributed by atoms with Crippen molar-refractivity contribution in [3.63, 3.8) is 0 Å². The maximum Gasteiger partial charge on any atom is 0.275 e. The molecule has 0 spiro atoms. The van der Waals surface area contributed by atoms with Gasteiger partial charge >= 0.3 is 0 Å². The molecule has 17 heavy (non-hydrogen) atoms. The molecule has 0 saturated heterocycles. The standard InChI is InChI=1S/C12H13Br2NO2/c13-8-5-6-10(11(14)7-8)12(16)15-17-9-3-1-2-4-9/h5-7,9H,1-4H2,(H,15,16). The summed E-state index contributed by atoms with van der Waals surface area (Å²) < 4.78 is 1.68. The van der Waals surface area contributed by atoms with Crippen LogP contribution >= 0.6 is 31.9 Å². The van der Waals surface area contributed by atoms with Crippen LogP contribution in [0.15, 0.2) is 27.1 Å². The molecule has 1 aromatic rings. The van der Waals surface area contributed by atoms with Crippen molar-refractivity contribution in [3.8, 4) is 0 Å². The van der Waals surface area contributed by atoms with E-state index in [1.165, 1.54) is 12.8 Å². The average molecular weight is 363 g/mol. The highest BCUT2D eigenvalue weighted by atomic mass is 79.9. The molecule has 1 amide bonds. The molecule has 0 unspecified atom stereocenters. The molecule has 92 valence electrons. The Kier molecular flexibility index (Phi) is 4.59. The van der Waals surface area contributed by atoms with Crippen molar-refractivity contribution in [2.75, 3.05) is 0 Å². The summed E-state index contributed by atoms with van der Waals surface area (Å²) in [4.78, 5) is 17.2. The Morgan fingerprint density at radius 1 is 1.29 bits per heavy atom. The number of carbonyl (C=O) groups is 1. The number of halogens is 2. The number of hydrogen-bond acceptors (Lipinski definition) is 2. The van der Waals surface area contributed by atoms with Crippen LogP contribution in [0.4, 0.5) is 0 Å². The van der Waals surface area contributed by atoms with Gasteiger partial charge in [0, 0.05) is 8.95 Å². The molecule has 1 aliphatic carbocycles. The van der Waals surface area contributed by atoms with Crippen LogP contribution < -0.4 is 5.48 Å². The molecule has 0 atom stereocenters. The van der Waals surface area contributed by atoms with Crippen molar-refractivity contribution in [2.45, 2.75) is 31.8 Å². The number of nitrogens with one attached hydrogen (secondary N) is 1. The lowest BCUT2D eigenvalue weighted by molar-refractivity contribution is -0.0125. The van der Waals surface area contributed by atoms with E-state index in [0.717, 1.165) is 21.8 Å². The Bertz CT molecular complexity index is 417. The summed E-state index contributed by atoms with van der Waals surface area (Å²) in [5.41, 5.74) is 3.09. The highest BCUT2D eigenvalue weighted by Crippen LogP contribution is 2.23. The molecule has 1 saturated carbocycles. The third-order valence-electron chi connectivity index (χ3n) is 2.80. The van der Waals surface area contributed by atoms with Gasteiger partial charge < -0.3 is 0 Å². The van der Waals surface area contributed by atoms with E-state index in [2.05, 4.69) is 37.3 Å². The molecule has 0 aliphatic heterocycles. The van der Waals surface area contributed by atoms with E-state index in [4.69, 9.17) is 4.84 Å².